The van der Waals surface area contributed by atoms with E-state index < -0.39 is 29.7 Å². The van der Waals surface area contributed by atoms with Crippen LogP contribution in [0, 0.1) is 5.92 Å². The average Bonchev–Trinajstić information content (AvgIpc) is 3.07. The molecule has 26 heavy (non-hydrogen) atoms. The van der Waals surface area contributed by atoms with Crippen molar-refractivity contribution in [1.29, 1.82) is 0 Å². The summed E-state index contributed by atoms with van der Waals surface area (Å²) in [5, 5.41) is 13.6. The first kappa shape index (κ1) is 17.7. The second-order valence-electron chi connectivity index (χ2n) is 6.35. The van der Waals surface area contributed by atoms with Gasteiger partial charge in [0.05, 0.1) is 11.6 Å². The Labute approximate surface area is 150 Å². The van der Waals surface area contributed by atoms with Crippen molar-refractivity contribution in [2.24, 2.45) is 11.7 Å². The number of nitrogens with zero attached hydrogens (tertiary/aromatic N) is 3. The molecule has 0 radical (unpaired) electrons. The molecule has 1 aromatic carbocycles. The Bertz CT molecular complexity index is 846. The molecular formula is C18H20N4O4. The summed E-state index contributed by atoms with van der Waals surface area (Å²) < 4.78 is 1.33. The van der Waals surface area contributed by atoms with Crippen LogP contribution in [0.4, 0.5) is 0 Å². The molecule has 2 atom stereocenters. The molecule has 1 aromatic heterocycles. The number of hydrogen-bond donors (Lipinski definition) is 2. The lowest BCUT2D eigenvalue weighted by Crippen LogP contribution is -2.49. The molecule has 1 aliphatic heterocycles. The fraction of sp³-hybridized carbons (Fsp3) is 0.333. The Hall–Kier alpha value is -3.16. The zero-order valence-corrected chi connectivity index (χ0v) is 14.3. The van der Waals surface area contributed by atoms with Crippen LogP contribution in [0.1, 0.15) is 40.7 Å². The number of nitrogens with two attached hydrogens (primary N) is 1. The maximum absolute atomic E-state index is 12.9. The van der Waals surface area contributed by atoms with Crippen molar-refractivity contribution in [2.75, 3.05) is 6.54 Å². The van der Waals surface area contributed by atoms with Crippen molar-refractivity contribution in [3.8, 4) is 5.69 Å². The normalized spacial score (nSPS) is 20.0. The number of carbonyl (C=O) groups excluding carboxylic acids is 2. The predicted molar refractivity (Wildman–Crippen MR) is 92.9 cm³/mol. The number of amides is 2. The van der Waals surface area contributed by atoms with Crippen molar-refractivity contribution in [2.45, 2.75) is 25.8 Å². The van der Waals surface area contributed by atoms with Crippen molar-refractivity contribution in [3.63, 3.8) is 0 Å². The molecule has 0 unspecified atom stereocenters. The number of carboxylic acids is 1. The highest BCUT2D eigenvalue weighted by Gasteiger charge is 2.36. The molecule has 136 valence electrons. The van der Waals surface area contributed by atoms with E-state index >= 15 is 0 Å². The summed E-state index contributed by atoms with van der Waals surface area (Å²) in [6.07, 6.45) is 1.14. The van der Waals surface area contributed by atoms with E-state index in [0.29, 0.717) is 25.1 Å². The van der Waals surface area contributed by atoms with E-state index in [9.17, 15) is 19.5 Å². The van der Waals surface area contributed by atoms with Gasteiger partial charge in [-0.1, -0.05) is 18.2 Å². The number of hydrogen-bond acceptors (Lipinski definition) is 4. The fourth-order valence-corrected chi connectivity index (χ4v) is 3.33. The van der Waals surface area contributed by atoms with Gasteiger partial charge in [-0.05, 0) is 31.9 Å². The molecule has 2 aromatic rings. The van der Waals surface area contributed by atoms with E-state index in [4.69, 9.17) is 5.73 Å². The highest BCUT2D eigenvalue weighted by atomic mass is 16.4. The van der Waals surface area contributed by atoms with Gasteiger partial charge in [0.15, 0.2) is 5.69 Å². The number of carbonyl (C=O) groups is 3. The van der Waals surface area contributed by atoms with Gasteiger partial charge < -0.3 is 15.7 Å². The number of rotatable bonds is 4. The third-order valence-electron chi connectivity index (χ3n) is 4.75. The van der Waals surface area contributed by atoms with Crippen LogP contribution in [0.15, 0.2) is 36.4 Å². The highest BCUT2D eigenvalue weighted by Crippen LogP contribution is 2.25. The Kier molecular flexibility index (Phi) is 4.75. The zero-order valence-electron chi connectivity index (χ0n) is 14.3. The van der Waals surface area contributed by atoms with Crippen LogP contribution in [0.5, 0.6) is 0 Å². The molecule has 0 spiro atoms. The summed E-state index contributed by atoms with van der Waals surface area (Å²) in [6.45, 7) is 2.17. The van der Waals surface area contributed by atoms with E-state index in [1.807, 2.05) is 6.07 Å². The van der Waals surface area contributed by atoms with Crippen LogP contribution < -0.4 is 5.73 Å². The quantitative estimate of drug-likeness (QED) is 0.856. The number of aromatic nitrogens is 2. The van der Waals surface area contributed by atoms with Crippen molar-refractivity contribution >= 4 is 17.8 Å². The summed E-state index contributed by atoms with van der Waals surface area (Å²) in [7, 11) is 0. The molecule has 3 N–H and O–H groups in total. The smallest absolute Gasteiger partial charge is 0.308 e. The molecule has 8 heteroatoms. The second kappa shape index (κ2) is 6.99. The fourth-order valence-electron chi connectivity index (χ4n) is 3.33. The van der Waals surface area contributed by atoms with Crippen LogP contribution in [-0.2, 0) is 4.79 Å². The first-order chi connectivity index (χ1) is 12.4. The van der Waals surface area contributed by atoms with Crippen LogP contribution in [0.25, 0.3) is 5.69 Å². The van der Waals surface area contributed by atoms with Gasteiger partial charge in [-0.3, -0.25) is 14.4 Å². The maximum Gasteiger partial charge on any atom is 0.308 e. The number of carboxylic acid groups (broad SMARTS) is 1. The second-order valence-corrected chi connectivity index (χ2v) is 6.35. The topological polar surface area (TPSA) is 119 Å². The third-order valence-corrected chi connectivity index (χ3v) is 4.75. The summed E-state index contributed by atoms with van der Waals surface area (Å²) in [5.41, 5.74) is 6.20. The molecule has 2 heterocycles. The number of para-hydroxylation sites is 1. The molecule has 0 saturated carbocycles. The summed E-state index contributed by atoms with van der Waals surface area (Å²) in [4.78, 5) is 37.6. The summed E-state index contributed by atoms with van der Waals surface area (Å²) in [5.74, 6) is -2.63. The number of aliphatic carboxylic acids is 1. The number of benzene rings is 1. The maximum atomic E-state index is 12.9. The molecule has 0 bridgehead atoms. The van der Waals surface area contributed by atoms with E-state index in [1.165, 1.54) is 15.6 Å². The first-order valence-electron chi connectivity index (χ1n) is 8.39. The van der Waals surface area contributed by atoms with E-state index in [1.54, 1.807) is 31.2 Å². The zero-order chi connectivity index (χ0) is 18.8. The number of likely N-dealkylation sites (tertiary alicyclic amines) is 1. The van der Waals surface area contributed by atoms with Crippen molar-refractivity contribution < 1.29 is 19.5 Å². The minimum absolute atomic E-state index is 0.0699. The summed E-state index contributed by atoms with van der Waals surface area (Å²) in [6, 6.07) is 9.79. The minimum atomic E-state index is -0.914. The van der Waals surface area contributed by atoms with Crippen molar-refractivity contribution in [1.82, 2.24) is 14.7 Å². The average molecular weight is 356 g/mol. The lowest BCUT2D eigenvalue weighted by Gasteiger charge is -2.37. The number of primary amides is 1. The van der Waals surface area contributed by atoms with Crippen LogP contribution in [0.2, 0.25) is 0 Å². The Morgan fingerprint density at radius 1 is 1.23 bits per heavy atom. The SMILES string of the molecule is C[C@@H]1[C@H](C(=O)O)CCCN1C(=O)c1cc(C(N)=O)n(-c2ccccc2)n1. The molecule has 1 saturated heterocycles. The first-order valence-corrected chi connectivity index (χ1v) is 8.39. The lowest BCUT2D eigenvalue weighted by atomic mass is 9.90. The largest absolute Gasteiger partial charge is 0.481 e. The van der Waals surface area contributed by atoms with Gasteiger partial charge in [-0.2, -0.15) is 5.10 Å². The van der Waals surface area contributed by atoms with Crippen LogP contribution in [-0.4, -0.2) is 50.2 Å². The van der Waals surface area contributed by atoms with E-state index in [-0.39, 0.29) is 11.4 Å². The van der Waals surface area contributed by atoms with Gasteiger partial charge in [-0.15, -0.1) is 0 Å². The number of piperidine rings is 1. The molecule has 1 aliphatic rings. The standard InChI is InChI=1S/C18H20N4O4/c1-11-13(18(25)26)8-5-9-21(11)17(24)14-10-15(16(19)23)22(20-14)12-6-3-2-4-7-12/h2-4,6-7,10-11,13H,5,8-9H2,1H3,(H2,19,23)(H,25,26)/t11-,13-/m1/s1. The molecule has 1 fully saturated rings. The minimum Gasteiger partial charge on any atom is -0.481 e. The monoisotopic (exact) mass is 356 g/mol. The lowest BCUT2D eigenvalue weighted by molar-refractivity contribution is -0.145. The van der Waals surface area contributed by atoms with Crippen LogP contribution in [0.3, 0.4) is 0 Å². The Morgan fingerprint density at radius 3 is 2.54 bits per heavy atom. The van der Waals surface area contributed by atoms with E-state index in [0.717, 1.165) is 0 Å². The molecular weight excluding hydrogens is 336 g/mol. The van der Waals surface area contributed by atoms with E-state index in [2.05, 4.69) is 5.10 Å². The Balaban J connectivity index is 1.95. The van der Waals surface area contributed by atoms with Gasteiger partial charge in [0.2, 0.25) is 0 Å². The Morgan fingerprint density at radius 2 is 1.92 bits per heavy atom. The van der Waals surface area contributed by atoms with Crippen LogP contribution >= 0.6 is 0 Å². The van der Waals surface area contributed by atoms with Gasteiger partial charge in [-0.25, -0.2) is 4.68 Å². The molecule has 8 nitrogen and oxygen atoms in total. The molecule has 2 amide bonds. The third kappa shape index (κ3) is 3.17. The van der Waals surface area contributed by atoms with Gasteiger partial charge in [0.1, 0.15) is 5.69 Å². The molecule has 0 aliphatic carbocycles. The van der Waals surface area contributed by atoms with Gasteiger partial charge >= 0.3 is 5.97 Å². The van der Waals surface area contributed by atoms with Gasteiger partial charge in [0, 0.05) is 18.7 Å². The van der Waals surface area contributed by atoms with Crippen molar-refractivity contribution in [3.05, 3.63) is 47.8 Å². The van der Waals surface area contributed by atoms with Gasteiger partial charge in [0.25, 0.3) is 11.8 Å². The summed E-state index contributed by atoms with van der Waals surface area (Å²) >= 11 is 0. The highest BCUT2D eigenvalue weighted by molar-refractivity contribution is 5.98. The predicted octanol–water partition coefficient (Wildman–Crippen LogP) is 1.30. The molecule has 3 rings (SSSR count).